The highest BCUT2D eigenvalue weighted by molar-refractivity contribution is 5.90. The van der Waals surface area contributed by atoms with E-state index in [1.54, 1.807) is 19.1 Å². The molecule has 1 aromatic heterocycles. The molecule has 0 saturated carbocycles. The van der Waals surface area contributed by atoms with Gasteiger partial charge < -0.3 is 9.72 Å². The summed E-state index contributed by atoms with van der Waals surface area (Å²) in [5.74, 6) is -0.0852. The summed E-state index contributed by atoms with van der Waals surface area (Å²) in [6, 6.07) is 10.9. The molecule has 2 aliphatic carbocycles. The number of aromatic amines is 1. The SMILES string of the molecule is CC=C1C2C=C(C)CC1(N=CC=Cc1cccc(C(=O)OCC)c1)c1ccc(=O)[nH]c1C2. The summed E-state index contributed by atoms with van der Waals surface area (Å²) < 4.78 is 5.08. The van der Waals surface area contributed by atoms with E-state index in [1.165, 1.54) is 11.1 Å². The first kappa shape index (κ1) is 21.8. The van der Waals surface area contributed by atoms with Crippen molar-refractivity contribution < 1.29 is 9.53 Å². The topological polar surface area (TPSA) is 71.5 Å². The van der Waals surface area contributed by atoms with Crippen LogP contribution in [0.1, 0.15) is 54.4 Å². The molecule has 2 aliphatic rings. The minimum absolute atomic E-state index is 0.0769. The fourth-order valence-electron chi connectivity index (χ4n) is 4.96. The summed E-state index contributed by atoms with van der Waals surface area (Å²) >= 11 is 0. The van der Waals surface area contributed by atoms with Crippen molar-refractivity contribution in [2.45, 2.75) is 39.2 Å². The number of rotatable bonds is 5. The Balaban J connectivity index is 1.68. The van der Waals surface area contributed by atoms with Crippen LogP contribution in [0.25, 0.3) is 6.08 Å². The lowest BCUT2D eigenvalue weighted by atomic mass is 9.63. The lowest BCUT2D eigenvalue weighted by Crippen LogP contribution is -2.40. The fourth-order valence-corrected chi connectivity index (χ4v) is 4.96. The van der Waals surface area contributed by atoms with Crippen LogP contribution in [0.2, 0.25) is 0 Å². The first-order valence-corrected chi connectivity index (χ1v) is 11.0. The van der Waals surface area contributed by atoms with Gasteiger partial charge in [-0.3, -0.25) is 9.79 Å². The minimum Gasteiger partial charge on any atom is -0.462 e. The molecule has 0 aliphatic heterocycles. The monoisotopic (exact) mass is 428 g/mol. The zero-order valence-corrected chi connectivity index (χ0v) is 18.7. The van der Waals surface area contributed by atoms with Crippen molar-refractivity contribution in [3.05, 3.63) is 98.5 Å². The first-order valence-electron chi connectivity index (χ1n) is 11.0. The molecule has 32 heavy (non-hydrogen) atoms. The highest BCUT2D eigenvalue weighted by Crippen LogP contribution is 2.51. The standard InChI is InChI=1S/C27H28N2O3/c1-4-22-21-14-18(3)17-27(22,23-11-12-25(30)29-24(23)16-21)28-13-7-9-19-8-6-10-20(15-19)26(31)32-5-2/h4,6-15,21H,5,16-17H2,1-3H3,(H,29,30). The normalized spacial score (nSPS) is 23.4. The van der Waals surface area contributed by atoms with E-state index in [4.69, 9.17) is 9.73 Å². The average molecular weight is 429 g/mol. The van der Waals surface area contributed by atoms with Gasteiger partial charge in [0.25, 0.3) is 0 Å². The molecule has 0 spiro atoms. The van der Waals surface area contributed by atoms with Gasteiger partial charge in [0.15, 0.2) is 0 Å². The van der Waals surface area contributed by atoms with Gasteiger partial charge in [0, 0.05) is 35.9 Å². The van der Waals surface area contributed by atoms with Crippen molar-refractivity contribution in [1.82, 2.24) is 4.98 Å². The number of aliphatic imine (C=N–C) groups is 1. The van der Waals surface area contributed by atoms with Crippen LogP contribution in [0.4, 0.5) is 0 Å². The third kappa shape index (κ3) is 4.03. The average Bonchev–Trinajstić information content (AvgIpc) is 2.76. The summed E-state index contributed by atoms with van der Waals surface area (Å²) in [5, 5.41) is 0. The lowest BCUT2D eigenvalue weighted by Gasteiger charge is -2.45. The van der Waals surface area contributed by atoms with Crippen LogP contribution in [-0.2, 0) is 16.7 Å². The number of ether oxygens (including phenoxy) is 1. The van der Waals surface area contributed by atoms with Gasteiger partial charge in [-0.2, -0.15) is 0 Å². The quantitative estimate of drug-likeness (QED) is 0.414. The van der Waals surface area contributed by atoms with E-state index in [0.29, 0.717) is 12.2 Å². The number of carbonyl (C=O) groups excluding carboxylic acids is 1. The van der Waals surface area contributed by atoms with Gasteiger partial charge in [0.1, 0.15) is 5.54 Å². The summed E-state index contributed by atoms with van der Waals surface area (Å²) in [4.78, 5) is 32.0. The van der Waals surface area contributed by atoms with Crippen LogP contribution in [0.15, 0.2) is 75.6 Å². The summed E-state index contributed by atoms with van der Waals surface area (Å²) in [6.45, 7) is 6.36. The van der Waals surface area contributed by atoms with Gasteiger partial charge in [-0.15, -0.1) is 0 Å². The Bertz CT molecular complexity index is 1220. The van der Waals surface area contributed by atoms with E-state index in [2.05, 4.69) is 31.0 Å². The maximum absolute atomic E-state index is 12.0. The van der Waals surface area contributed by atoms with Crippen LogP contribution in [0.3, 0.4) is 0 Å². The number of nitrogens with one attached hydrogen (secondary N) is 1. The third-order valence-corrected chi connectivity index (χ3v) is 6.15. The number of nitrogens with zero attached hydrogens (tertiary/aromatic N) is 1. The van der Waals surface area contributed by atoms with Gasteiger partial charge in [0.2, 0.25) is 5.56 Å². The predicted molar refractivity (Wildman–Crippen MR) is 128 cm³/mol. The van der Waals surface area contributed by atoms with Crippen LogP contribution in [0.5, 0.6) is 0 Å². The number of hydrogen-bond acceptors (Lipinski definition) is 4. The largest absolute Gasteiger partial charge is 0.462 e. The molecule has 2 aromatic rings. The molecule has 2 unspecified atom stereocenters. The molecule has 2 bridgehead atoms. The van der Waals surface area contributed by atoms with Gasteiger partial charge >= 0.3 is 5.97 Å². The number of aromatic nitrogens is 1. The molecule has 1 N–H and O–H groups in total. The molecule has 0 saturated heterocycles. The minimum atomic E-state index is -0.507. The highest BCUT2D eigenvalue weighted by Gasteiger charge is 2.46. The van der Waals surface area contributed by atoms with Crippen molar-refractivity contribution in [2.24, 2.45) is 10.9 Å². The van der Waals surface area contributed by atoms with Gasteiger partial charge in [-0.1, -0.05) is 35.9 Å². The second kappa shape index (κ2) is 8.95. The molecule has 4 rings (SSSR count). The van der Waals surface area contributed by atoms with Crippen molar-refractivity contribution in [2.75, 3.05) is 6.61 Å². The number of esters is 1. The molecule has 0 fully saturated rings. The number of carbonyl (C=O) groups is 1. The zero-order valence-electron chi connectivity index (χ0n) is 18.7. The molecule has 0 radical (unpaired) electrons. The molecular formula is C27H28N2O3. The number of H-pyrrole nitrogens is 1. The summed E-state index contributed by atoms with van der Waals surface area (Å²) in [7, 11) is 0. The van der Waals surface area contributed by atoms with E-state index in [9.17, 15) is 9.59 Å². The Labute approximate surface area is 188 Å². The highest BCUT2D eigenvalue weighted by atomic mass is 16.5. The predicted octanol–water partition coefficient (Wildman–Crippen LogP) is 5.00. The number of hydrogen-bond donors (Lipinski definition) is 1. The Morgan fingerprint density at radius 1 is 1.31 bits per heavy atom. The first-order chi connectivity index (χ1) is 15.5. The molecule has 2 atom stereocenters. The Morgan fingerprint density at radius 3 is 2.94 bits per heavy atom. The molecule has 0 amide bonds. The van der Waals surface area contributed by atoms with Crippen LogP contribution < -0.4 is 5.56 Å². The van der Waals surface area contributed by atoms with Crippen molar-refractivity contribution in [1.29, 1.82) is 0 Å². The summed E-state index contributed by atoms with van der Waals surface area (Å²) in [6.07, 6.45) is 11.7. The van der Waals surface area contributed by atoms with Crippen molar-refractivity contribution >= 4 is 18.3 Å². The molecule has 5 nitrogen and oxygen atoms in total. The van der Waals surface area contributed by atoms with E-state index in [-0.39, 0.29) is 17.4 Å². The lowest BCUT2D eigenvalue weighted by molar-refractivity contribution is 0.0526. The van der Waals surface area contributed by atoms with Gasteiger partial charge in [-0.05, 0) is 62.6 Å². The Hall–Kier alpha value is -3.47. The van der Waals surface area contributed by atoms with Crippen molar-refractivity contribution in [3.63, 3.8) is 0 Å². The van der Waals surface area contributed by atoms with Crippen LogP contribution in [-0.4, -0.2) is 23.8 Å². The maximum atomic E-state index is 12.0. The second-order valence-electron chi connectivity index (χ2n) is 8.30. The number of benzene rings is 1. The Kier molecular flexibility index (Phi) is 6.08. The molecular weight excluding hydrogens is 400 g/mol. The van der Waals surface area contributed by atoms with E-state index in [1.807, 2.05) is 42.6 Å². The summed E-state index contributed by atoms with van der Waals surface area (Å²) in [5.41, 5.74) is 5.47. The van der Waals surface area contributed by atoms with Crippen molar-refractivity contribution in [3.8, 4) is 0 Å². The maximum Gasteiger partial charge on any atom is 0.338 e. The molecule has 1 heterocycles. The van der Waals surface area contributed by atoms with E-state index in [0.717, 1.165) is 29.7 Å². The zero-order chi connectivity index (χ0) is 22.7. The molecule has 1 aromatic carbocycles. The van der Waals surface area contributed by atoms with E-state index < -0.39 is 5.54 Å². The Morgan fingerprint density at radius 2 is 2.16 bits per heavy atom. The number of pyridine rings is 1. The van der Waals surface area contributed by atoms with Gasteiger partial charge in [-0.25, -0.2) is 4.79 Å². The smallest absolute Gasteiger partial charge is 0.338 e. The molecule has 5 heteroatoms. The van der Waals surface area contributed by atoms with Crippen LogP contribution >= 0.6 is 0 Å². The fraction of sp³-hybridized carbons (Fsp3) is 0.296. The van der Waals surface area contributed by atoms with Gasteiger partial charge in [0.05, 0.1) is 12.2 Å². The third-order valence-electron chi connectivity index (χ3n) is 6.15. The molecule has 164 valence electrons. The second-order valence-corrected chi connectivity index (χ2v) is 8.30. The van der Waals surface area contributed by atoms with Crippen LogP contribution in [0, 0.1) is 5.92 Å². The van der Waals surface area contributed by atoms with E-state index >= 15 is 0 Å². The number of allylic oxidation sites excluding steroid dienone is 3. The number of fused-ring (bicyclic) bond motifs is 4.